The highest BCUT2D eigenvalue weighted by molar-refractivity contribution is 5.95. The summed E-state index contributed by atoms with van der Waals surface area (Å²) in [5.41, 5.74) is 0. The van der Waals surface area contributed by atoms with Gasteiger partial charge in [-0.15, -0.1) is 0 Å². The summed E-state index contributed by atoms with van der Waals surface area (Å²) in [5, 5.41) is 2.89. The predicted octanol–water partition coefficient (Wildman–Crippen LogP) is 1.84. The van der Waals surface area contributed by atoms with Crippen LogP contribution in [0.2, 0.25) is 0 Å². The van der Waals surface area contributed by atoms with Crippen molar-refractivity contribution >= 4 is 11.8 Å². The van der Waals surface area contributed by atoms with Gasteiger partial charge < -0.3 is 10.2 Å². The average molecular weight is 264 g/mol. The summed E-state index contributed by atoms with van der Waals surface area (Å²) in [4.78, 5) is 26.3. The molecule has 0 aromatic rings. The number of carbonyl (C=O) groups excluding carboxylic acids is 2. The summed E-state index contributed by atoms with van der Waals surface area (Å²) in [7, 11) is 0. The first-order valence-electron chi connectivity index (χ1n) is 7.85. The highest BCUT2D eigenvalue weighted by Gasteiger charge is 2.44. The molecule has 4 heteroatoms. The van der Waals surface area contributed by atoms with Gasteiger partial charge in [-0.3, -0.25) is 9.59 Å². The molecule has 0 aromatic carbocycles. The first-order chi connectivity index (χ1) is 9.25. The monoisotopic (exact) mass is 264 g/mol. The summed E-state index contributed by atoms with van der Waals surface area (Å²) in [6, 6.07) is 0.0896. The number of piperazine rings is 1. The Kier molecular flexibility index (Phi) is 3.76. The quantitative estimate of drug-likeness (QED) is 0.827. The zero-order valence-corrected chi connectivity index (χ0v) is 11.6. The Morgan fingerprint density at radius 2 is 1.53 bits per heavy atom. The van der Waals surface area contributed by atoms with Crippen LogP contribution in [0.3, 0.4) is 0 Å². The minimum Gasteiger partial charge on any atom is -0.342 e. The first kappa shape index (κ1) is 12.9. The smallest absolute Gasteiger partial charge is 0.246 e. The maximum atomic E-state index is 12.6. The van der Waals surface area contributed by atoms with Crippen molar-refractivity contribution in [1.82, 2.24) is 10.2 Å². The van der Waals surface area contributed by atoms with Crippen molar-refractivity contribution in [3.05, 3.63) is 0 Å². The molecule has 0 aromatic heterocycles. The van der Waals surface area contributed by atoms with Crippen LogP contribution in [0, 0.1) is 5.92 Å². The number of hydrogen-bond acceptors (Lipinski definition) is 2. The Hall–Kier alpha value is -1.06. The third kappa shape index (κ3) is 2.93. The highest BCUT2D eigenvalue weighted by Crippen LogP contribution is 2.35. The van der Waals surface area contributed by atoms with Crippen molar-refractivity contribution in [3.63, 3.8) is 0 Å². The highest BCUT2D eigenvalue weighted by atomic mass is 16.2. The molecule has 1 atom stereocenters. The summed E-state index contributed by atoms with van der Waals surface area (Å²) < 4.78 is 0. The van der Waals surface area contributed by atoms with E-state index in [2.05, 4.69) is 5.32 Å². The molecule has 3 fully saturated rings. The van der Waals surface area contributed by atoms with Crippen molar-refractivity contribution < 1.29 is 9.59 Å². The molecule has 1 saturated heterocycles. The van der Waals surface area contributed by atoms with Crippen LogP contribution < -0.4 is 5.32 Å². The van der Waals surface area contributed by atoms with Crippen molar-refractivity contribution in [1.29, 1.82) is 0 Å². The van der Waals surface area contributed by atoms with Gasteiger partial charge in [-0.1, -0.05) is 32.1 Å². The molecule has 3 rings (SSSR count). The summed E-state index contributed by atoms with van der Waals surface area (Å²) >= 11 is 0. The normalized spacial score (nSPS) is 30.7. The molecule has 19 heavy (non-hydrogen) atoms. The minimum atomic E-state index is -0.216. The molecule has 0 radical (unpaired) electrons. The maximum absolute atomic E-state index is 12.6. The maximum Gasteiger partial charge on any atom is 0.246 e. The minimum absolute atomic E-state index is 0.0403. The van der Waals surface area contributed by atoms with Crippen molar-refractivity contribution in [3.8, 4) is 0 Å². The van der Waals surface area contributed by atoms with Crippen LogP contribution in [0.15, 0.2) is 0 Å². The van der Waals surface area contributed by atoms with Gasteiger partial charge in [0.1, 0.15) is 6.04 Å². The van der Waals surface area contributed by atoms with E-state index in [1.54, 1.807) is 0 Å². The lowest BCUT2D eigenvalue weighted by molar-refractivity contribution is -0.147. The number of hydrogen-bond donors (Lipinski definition) is 1. The first-order valence-corrected chi connectivity index (χ1v) is 7.85. The Labute approximate surface area is 114 Å². The van der Waals surface area contributed by atoms with Gasteiger partial charge in [-0.25, -0.2) is 0 Å². The molecule has 1 heterocycles. The number of amides is 2. The second kappa shape index (κ2) is 5.51. The second-order valence-corrected chi connectivity index (χ2v) is 6.35. The van der Waals surface area contributed by atoms with Gasteiger partial charge in [-0.05, 0) is 31.6 Å². The zero-order valence-electron chi connectivity index (χ0n) is 11.6. The van der Waals surface area contributed by atoms with E-state index in [0.29, 0.717) is 12.0 Å². The van der Waals surface area contributed by atoms with E-state index in [0.717, 1.165) is 25.7 Å². The largest absolute Gasteiger partial charge is 0.342 e. The van der Waals surface area contributed by atoms with Crippen LogP contribution >= 0.6 is 0 Å². The van der Waals surface area contributed by atoms with Crippen molar-refractivity contribution in [2.45, 2.75) is 69.9 Å². The molecule has 106 valence electrons. The standard InChI is InChI=1S/C15H24N2O2/c18-13-10-17(12-6-4-2-1-3-5-7-12)15(19)14(16-13)11-8-9-11/h11-12,14H,1-10H2,(H,16,18). The number of nitrogens with one attached hydrogen (secondary N) is 1. The van der Waals surface area contributed by atoms with E-state index in [1.807, 2.05) is 4.90 Å². The number of carbonyl (C=O) groups is 2. The Balaban J connectivity index is 1.69. The third-order valence-electron chi connectivity index (χ3n) is 4.79. The molecule has 2 saturated carbocycles. The lowest BCUT2D eigenvalue weighted by atomic mass is 9.94. The van der Waals surface area contributed by atoms with Gasteiger partial charge in [-0.2, -0.15) is 0 Å². The van der Waals surface area contributed by atoms with Crippen molar-refractivity contribution in [2.24, 2.45) is 5.92 Å². The van der Waals surface area contributed by atoms with Gasteiger partial charge in [0.05, 0.1) is 6.54 Å². The van der Waals surface area contributed by atoms with Gasteiger partial charge in [0.15, 0.2) is 0 Å². The van der Waals surface area contributed by atoms with Crippen LogP contribution in [0.5, 0.6) is 0 Å². The molecule has 0 bridgehead atoms. The van der Waals surface area contributed by atoms with Gasteiger partial charge in [0.2, 0.25) is 11.8 Å². The predicted molar refractivity (Wildman–Crippen MR) is 72.5 cm³/mol. The van der Waals surface area contributed by atoms with Crippen LogP contribution in [0.25, 0.3) is 0 Å². The fraction of sp³-hybridized carbons (Fsp3) is 0.867. The summed E-state index contributed by atoms with van der Waals surface area (Å²) in [5.74, 6) is 0.638. The average Bonchev–Trinajstić information content (AvgIpc) is 3.16. The molecule has 2 aliphatic carbocycles. The molecule has 4 nitrogen and oxygen atoms in total. The van der Waals surface area contributed by atoms with Gasteiger partial charge in [0.25, 0.3) is 0 Å². The SMILES string of the molecule is O=C1CN(C2CCCCCCC2)C(=O)C(C2CC2)N1. The van der Waals surface area contributed by atoms with Gasteiger partial charge in [0, 0.05) is 6.04 Å². The number of nitrogens with zero attached hydrogens (tertiary/aromatic N) is 1. The van der Waals surface area contributed by atoms with Crippen molar-refractivity contribution in [2.75, 3.05) is 6.54 Å². The van der Waals surface area contributed by atoms with Crippen LogP contribution in [-0.2, 0) is 9.59 Å². The van der Waals surface area contributed by atoms with E-state index < -0.39 is 0 Å². The Bertz CT molecular complexity index is 357. The second-order valence-electron chi connectivity index (χ2n) is 6.35. The van der Waals surface area contributed by atoms with Crippen LogP contribution in [-0.4, -0.2) is 35.3 Å². The molecule has 1 unspecified atom stereocenters. The fourth-order valence-corrected chi connectivity index (χ4v) is 3.50. The fourth-order valence-electron chi connectivity index (χ4n) is 3.50. The molecular formula is C15H24N2O2. The summed E-state index contributed by atoms with van der Waals surface area (Å²) in [6.45, 7) is 0.284. The lowest BCUT2D eigenvalue weighted by Crippen LogP contribution is -2.61. The van der Waals surface area contributed by atoms with E-state index in [1.165, 1.54) is 32.1 Å². The molecule has 1 N–H and O–H groups in total. The van der Waals surface area contributed by atoms with Crippen LogP contribution in [0.1, 0.15) is 57.8 Å². The van der Waals surface area contributed by atoms with Crippen LogP contribution in [0.4, 0.5) is 0 Å². The molecule has 1 aliphatic heterocycles. The number of rotatable bonds is 2. The van der Waals surface area contributed by atoms with E-state index in [9.17, 15) is 9.59 Å². The summed E-state index contributed by atoms with van der Waals surface area (Å²) in [6.07, 6.45) is 10.6. The molecule has 3 aliphatic rings. The third-order valence-corrected chi connectivity index (χ3v) is 4.79. The lowest BCUT2D eigenvalue weighted by Gasteiger charge is -2.39. The van der Waals surface area contributed by atoms with E-state index in [-0.39, 0.29) is 24.4 Å². The Morgan fingerprint density at radius 1 is 0.895 bits per heavy atom. The zero-order chi connectivity index (χ0) is 13.2. The molecule has 2 amide bonds. The topological polar surface area (TPSA) is 49.4 Å². The van der Waals surface area contributed by atoms with E-state index in [4.69, 9.17) is 0 Å². The molecule has 0 spiro atoms. The Morgan fingerprint density at radius 3 is 2.16 bits per heavy atom. The molecular weight excluding hydrogens is 240 g/mol. The van der Waals surface area contributed by atoms with E-state index >= 15 is 0 Å². The van der Waals surface area contributed by atoms with Gasteiger partial charge >= 0.3 is 0 Å².